The summed E-state index contributed by atoms with van der Waals surface area (Å²) in [6.07, 6.45) is 0.827. The molecule has 16 heavy (non-hydrogen) atoms. The van der Waals surface area contributed by atoms with Gasteiger partial charge < -0.3 is 15.2 Å². The van der Waals surface area contributed by atoms with Crippen molar-refractivity contribution in [2.45, 2.75) is 31.9 Å². The van der Waals surface area contributed by atoms with Crippen LogP contribution in [0.4, 0.5) is 0 Å². The third kappa shape index (κ3) is 2.42. The van der Waals surface area contributed by atoms with Crippen molar-refractivity contribution in [1.29, 1.82) is 0 Å². The van der Waals surface area contributed by atoms with E-state index in [0.29, 0.717) is 0 Å². The molecule has 0 fully saturated rings. The van der Waals surface area contributed by atoms with Crippen molar-refractivity contribution in [2.24, 2.45) is 5.73 Å². The Morgan fingerprint density at radius 2 is 2.12 bits per heavy atom. The molecule has 1 aliphatic heterocycles. The molecule has 1 unspecified atom stereocenters. The maximum absolute atomic E-state index is 6.11. The molecule has 0 bridgehead atoms. The number of fused-ring (bicyclic) bond motifs is 1. The summed E-state index contributed by atoms with van der Waals surface area (Å²) in [7, 11) is 1.65. The number of methoxy groups -OCH3 is 1. The summed E-state index contributed by atoms with van der Waals surface area (Å²) in [5, 5.41) is 0. The van der Waals surface area contributed by atoms with E-state index in [0.717, 1.165) is 23.5 Å². The van der Waals surface area contributed by atoms with Crippen LogP contribution in [0.1, 0.15) is 31.9 Å². The van der Waals surface area contributed by atoms with E-state index in [-0.39, 0.29) is 24.0 Å². The Morgan fingerprint density at radius 3 is 2.75 bits per heavy atom. The van der Waals surface area contributed by atoms with Gasteiger partial charge in [-0.3, -0.25) is 0 Å². The Balaban J connectivity index is 0.00000128. The van der Waals surface area contributed by atoms with Gasteiger partial charge in [0, 0.05) is 18.0 Å². The van der Waals surface area contributed by atoms with Gasteiger partial charge in [-0.1, -0.05) is 0 Å². The lowest BCUT2D eigenvalue weighted by molar-refractivity contribution is 0.0727. The molecule has 0 radical (unpaired) electrons. The van der Waals surface area contributed by atoms with Gasteiger partial charge in [0.1, 0.15) is 17.1 Å². The first-order chi connectivity index (χ1) is 7.02. The lowest BCUT2D eigenvalue weighted by Gasteiger charge is -2.36. The van der Waals surface area contributed by atoms with E-state index in [2.05, 4.69) is 13.8 Å². The number of halogens is 1. The molecule has 90 valence electrons. The molecule has 2 rings (SSSR count). The molecule has 2 N–H and O–H groups in total. The van der Waals surface area contributed by atoms with Crippen molar-refractivity contribution < 1.29 is 9.47 Å². The van der Waals surface area contributed by atoms with Crippen molar-refractivity contribution in [3.63, 3.8) is 0 Å². The second kappa shape index (κ2) is 4.52. The summed E-state index contributed by atoms with van der Waals surface area (Å²) in [6, 6.07) is 5.80. The van der Waals surface area contributed by atoms with Gasteiger partial charge in [-0.05, 0) is 32.0 Å². The molecule has 1 aromatic carbocycles. The van der Waals surface area contributed by atoms with E-state index in [9.17, 15) is 0 Å². The third-order valence-corrected chi connectivity index (χ3v) is 2.71. The molecular weight excluding hydrogens is 226 g/mol. The summed E-state index contributed by atoms with van der Waals surface area (Å²) in [6.45, 7) is 4.11. The highest BCUT2D eigenvalue weighted by Crippen LogP contribution is 2.39. The standard InChI is InChI=1S/C12H17NO2.ClH/c1-12(2)7-10(13)9-6-8(14-3)4-5-11(9)15-12;/h4-6,10H,7,13H2,1-3H3;1H. The predicted octanol–water partition coefficient (Wildman–Crippen LogP) is 2.68. The second-order valence-corrected chi connectivity index (χ2v) is 4.58. The zero-order valence-corrected chi connectivity index (χ0v) is 10.6. The molecule has 0 aromatic heterocycles. The average Bonchev–Trinajstić information content (AvgIpc) is 2.15. The smallest absolute Gasteiger partial charge is 0.125 e. The highest BCUT2D eigenvalue weighted by Gasteiger charge is 2.31. The van der Waals surface area contributed by atoms with Crippen LogP contribution in [0.25, 0.3) is 0 Å². The molecule has 3 nitrogen and oxygen atoms in total. The van der Waals surface area contributed by atoms with Gasteiger partial charge in [0.2, 0.25) is 0 Å². The fraction of sp³-hybridized carbons (Fsp3) is 0.500. The molecule has 0 aliphatic carbocycles. The first kappa shape index (κ1) is 13.1. The Hall–Kier alpha value is -0.930. The van der Waals surface area contributed by atoms with Crippen LogP contribution in [-0.4, -0.2) is 12.7 Å². The zero-order chi connectivity index (χ0) is 11.1. The molecule has 0 amide bonds. The zero-order valence-electron chi connectivity index (χ0n) is 9.82. The van der Waals surface area contributed by atoms with Gasteiger partial charge in [-0.15, -0.1) is 12.4 Å². The van der Waals surface area contributed by atoms with E-state index in [1.807, 2.05) is 18.2 Å². The number of nitrogens with two attached hydrogens (primary N) is 1. The van der Waals surface area contributed by atoms with Crippen molar-refractivity contribution in [2.75, 3.05) is 7.11 Å². The monoisotopic (exact) mass is 243 g/mol. The van der Waals surface area contributed by atoms with E-state index in [4.69, 9.17) is 15.2 Å². The first-order valence-electron chi connectivity index (χ1n) is 5.14. The van der Waals surface area contributed by atoms with Crippen LogP contribution in [0.15, 0.2) is 18.2 Å². The summed E-state index contributed by atoms with van der Waals surface area (Å²) in [5.74, 6) is 1.70. The lowest BCUT2D eigenvalue weighted by Crippen LogP contribution is -2.37. The molecule has 1 atom stereocenters. The van der Waals surface area contributed by atoms with Crippen LogP contribution in [0, 0.1) is 0 Å². The minimum Gasteiger partial charge on any atom is -0.497 e. The molecule has 1 heterocycles. The molecule has 0 spiro atoms. The quantitative estimate of drug-likeness (QED) is 0.825. The Labute approximate surface area is 102 Å². The number of hydrogen-bond acceptors (Lipinski definition) is 3. The van der Waals surface area contributed by atoms with Gasteiger partial charge in [-0.2, -0.15) is 0 Å². The third-order valence-electron chi connectivity index (χ3n) is 2.71. The van der Waals surface area contributed by atoms with E-state index in [1.54, 1.807) is 7.11 Å². The van der Waals surface area contributed by atoms with Crippen LogP contribution in [-0.2, 0) is 0 Å². The summed E-state index contributed by atoms with van der Waals surface area (Å²) < 4.78 is 11.0. The van der Waals surface area contributed by atoms with Crippen molar-refractivity contribution in [3.8, 4) is 11.5 Å². The number of benzene rings is 1. The maximum Gasteiger partial charge on any atom is 0.125 e. The Kier molecular flexibility index (Phi) is 3.71. The number of hydrogen-bond donors (Lipinski definition) is 1. The van der Waals surface area contributed by atoms with Crippen molar-refractivity contribution in [3.05, 3.63) is 23.8 Å². The molecular formula is C12H18ClNO2. The SMILES string of the molecule is COc1ccc2c(c1)C(N)CC(C)(C)O2.Cl. The van der Waals surface area contributed by atoms with Gasteiger partial charge >= 0.3 is 0 Å². The average molecular weight is 244 g/mol. The highest BCUT2D eigenvalue weighted by molar-refractivity contribution is 5.85. The van der Waals surface area contributed by atoms with Crippen LogP contribution in [0.2, 0.25) is 0 Å². The molecule has 4 heteroatoms. The summed E-state index contributed by atoms with van der Waals surface area (Å²) in [4.78, 5) is 0. The number of ether oxygens (including phenoxy) is 2. The lowest BCUT2D eigenvalue weighted by atomic mass is 9.90. The Morgan fingerprint density at radius 1 is 1.44 bits per heavy atom. The van der Waals surface area contributed by atoms with Crippen molar-refractivity contribution >= 4 is 12.4 Å². The highest BCUT2D eigenvalue weighted by atomic mass is 35.5. The van der Waals surface area contributed by atoms with E-state index < -0.39 is 0 Å². The largest absolute Gasteiger partial charge is 0.497 e. The fourth-order valence-corrected chi connectivity index (χ4v) is 2.02. The molecule has 0 saturated heterocycles. The van der Waals surface area contributed by atoms with E-state index in [1.165, 1.54) is 0 Å². The predicted molar refractivity (Wildman–Crippen MR) is 66.5 cm³/mol. The summed E-state index contributed by atoms with van der Waals surface area (Å²) >= 11 is 0. The van der Waals surface area contributed by atoms with Gasteiger partial charge in [-0.25, -0.2) is 0 Å². The maximum atomic E-state index is 6.11. The van der Waals surface area contributed by atoms with E-state index >= 15 is 0 Å². The molecule has 1 aromatic rings. The fourth-order valence-electron chi connectivity index (χ4n) is 2.02. The van der Waals surface area contributed by atoms with Gasteiger partial charge in [0.25, 0.3) is 0 Å². The Bertz CT molecular complexity index is 379. The van der Waals surface area contributed by atoms with Crippen LogP contribution in [0.5, 0.6) is 11.5 Å². The minimum absolute atomic E-state index is 0. The summed E-state index contributed by atoms with van der Waals surface area (Å²) in [5.41, 5.74) is 6.97. The van der Waals surface area contributed by atoms with Gasteiger partial charge in [0.15, 0.2) is 0 Å². The number of rotatable bonds is 1. The van der Waals surface area contributed by atoms with Crippen molar-refractivity contribution in [1.82, 2.24) is 0 Å². The molecule has 0 saturated carbocycles. The molecule has 1 aliphatic rings. The normalized spacial score (nSPS) is 21.4. The first-order valence-corrected chi connectivity index (χ1v) is 5.14. The van der Waals surface area contributed by atoms with Crippen LogP contribution >= 0.6 is 12.4 Å². The van der Waals surface area contributed by atoms with Crippen LogP contribution in [0.3, 0.4) is 0 Å². The topological polar surface area (TPSA) is 44.5 Å². The van der Waals surface area contributed by atoms with Crippen LogP contribution < -0.4 is 15.2 Å². The van der Waals surface area contributed by atoms with Gasteiger partial charge in [0.05, 0.1) is 7.11 Å². The minimum atomic E-state index is -0.180. The second-order valence-electron chi connectivity index (χ2n) is 4.58.